The second-order valence-electron chi connectivity index (χ2n) is 4.54. The SMILES string of the molecule is CCCCC(O)(c1ccccc1)c1ccccn1. The molecule has 1 unspecified atom stereocenters. The van der Waals surface area contributed by atoms with Gasteiger partial charge in [0.25, 0.3) is 0 Å². The van der Waals surface area contributed by atoms with Crippen LogP contribution in [0.4, 0.5) is 0 Å². The summed E-state index contributed by atoms with van der Waals surface area (Å²) in [5.41, 5.74) is 0.667. The first-order valence-corrected chi connectivity index (χ1v) is 6.47. The van der Waals surface area contributed by atoms with Crippen molar-refractivity contribution in [3.05, 3.63) is 66.0 Å². The molecule has 0 amide bonds. The highest BCUT2D eigenvalue weighted by Gasteiger charge is 2.31. The van der Waals surface area contributed by atoms with Gasteiger partial charge in [-0.2, -0.15) is 0 Å². The molecule has 0 saturated carbocycles. The van der Waals surface area contributed by atoms with Gasteiger partial charge in [-0.05, 0) is 24.1 Å². The van der Waals surface area contributed by atoms with Gasteiger partial charge in [-0.1, -0.05) is 56.2 Å². The zero-order valence-corrected chi connectivity index (χ0v) is 10.7. The van der Waals surface area contributed by atoms with Crippen LogP contribution in [0, 0.1) is 0 Å². The minimum absolute atomic E-state index is 0.699. The Balaban J connectivity index is 2.41. The zero-order valence-electron chi connectivity index (χ0n) is 10.7. The Morgan fingerprint density at radius 1 is 1.06 bits per heavy atom. The van der Waals surface area contributed by atoms with Crippen molar-refractivity contribution < 1.29 is 5.11 Å². The monoisotopic (exact) mass is 241 g/mol. The van der Waals surface area contributed by atoms with Crippen molar-refractivity contribution in [2.24, 2.45) is 0 Å². The highest BCUT2D eigenvalue weighted by molar-refractivity contribution is 5.31. The molecule has 2 aromatic rings. The number of hydrogen-bond acceptors (Lipinski definition) is 2. The molecule has 2 rings (SSSR count). The van der Waals surface area contributed by atoms with Crippen LogP contribution in [0.1, 0.15) is 37.4 Å². The molecule has 1 aromatic heterocycles. The summed E-state index contributed by atoms with van der Waals surface area (Å²) < 4.78 is 0. The number of rotatable bonds is 5. The highest BCUT2D eigenvalue weighted by Crippen LogP contribution is 2.32. The van der Waals surface area contributed by atoms with E-state index < -0.39 is 5.60 Å². The minimum Gasteiger partial charge on any atom is -0.379 e. The summed E-state index contributed by atoms with van der Waals surface area (Å²) in [4.78, 5) is 4.33. The number of pyridine rings is 1. The van der Waals surface area contributed by atoms with E-state index in [1.54, 1.807) is 6.20 Å². The van der Waals surface area contributed by atoms with Gasteiger partial charge >= 0.3 is 0 Å². The van der Waals surface area contributed by atoms with Crippen LogP contribution in [0.15, 0.2) is 54.7 Å². The molecule has 0 aliphatic heterocycles. The highest BCUT2D eigenvalue weighted by atomic mass is 16.3. The lowest BCUT2D eigenvalue weighted by Crippen LogP contribution is -2.28. The molecular formula is C16H19NO. The Labute approximate surface area is 108 Å². The average molecular weight is 241 g/mol. The van der Waals surface area contributed by atoms with Gasteiger partial charge in [0, 0.05) is 6.20 Å². The quantitative estimate of drug-likeness (QED) is 0.869. The van der Waals surface area contributed by atoms with E-state index in [-0.39, 0.29) is 0 Å². The molecule has 0 spiro atoms. The van der Waals surface area contributed by atoms with E-state index >= 15 is 0 Å². The summed E-state index contributed by atoms with van der Waals surface area (Å²) in [6, 6.07) is 15.5. The topological polar surface area (TPSA) is 33.1 Å². The normalized spacial score (nSPS) is 14.1. The van der Waals surface area contributed by atoms with Gasteiger partial charge in [-0.3, -0.25) is 4.98 Å². The van der Waals surface area contributed by atoms with Crippen LogP contribution in [-0.4, -0.2) is 10.1 Å². The third-order valence-corrected chi connectivity index (χ3v) is 3.23. The summed E-state index contributed by atoms with van der Waals surface area (Å²) in [5.74, 6) is 0. The van der Waals surface area contributed by atoms with Gasteiger partial charge in [0.2, 0.25) is 0 Å². The summed E-state index contributed by atoms with van der Waals surface area (Å²) in [6.45, 7) is 2.13. The largest absolute Gasteiger partial charge is 0.379 e. The minimum atomic E-state index is -0.974. The van der Waals surface area contributed by atoms with E-state index in [2.05, 4.69) is 11.9 Å². The third-order valence-electron chi connectivity index (χ3n) is 3.23. The molecule has 1 atom stereocenters. The number of hydrogen-bond donors (Lipinski definition) is 1. The van der Waals surface area contributed by atoms with Gasteiger partial charge < -0.3 is 5.11 Å². The standard InChI is InChI=1S/C16H19NO/c1-2-3-12-16(18,14-9-5-4-6-10-14)15-11-7-8-13-17-15/h4-11,13,18H,2-3,12H2,1H3. The first-order chi connectivity index (χ1) is 8.77. The fourth-order valence-electron chi connectivity index (χ4n) is 2.17. The van der Waals surface area contributed by atoms with Gasteiger partial charge in [0.1, 0.15) is 5.60 Å². The second kappa shape index (κ2) is 5.78. The molecule has 18 heavy (non-hydrogen) atoms. The van der Waals surface area contributed by atoms with Gasteiger partial charge in [-0.15, -0.1) is 0 Å². The van der Waals surface area contributed by atoms with Crippen molar-refractivity contribution in [2.45, 2.75) is 31.8 Å². The van der Waals surface area contributed by atoms with E-state index in [0.29, 0.717) is 6.42 Å². The fraction of sp³-hybridized carbons (Fsp3) is 0.312. The average Bonchev–Trinajstić information content (AvgIpc) is 2.46. The maximum absolute atomic E-state index is 11.0. The first-order valence-electron chi connectivity index (χ1n) is 6.47. The predicted molar refractivity (Wildman–Crippen MR) is 73.2 cm³/mol. The van der Waals surface area contributed by atoms with Crippen LogP contribution in [0.5, 0.6) is 0 Å². The van der Waals surface area contributed by atoms with E-state index in [4.69, 9.17) is 0 Å². The van der Waals surface area contributed by atoms with Crippen LogP contribution >= 0.6 is 0 Å². The molecule has 0 radical (unpaired) electrons. The summed E-state index contributed by atoms with van der Waals surface area (Å²) in [6.07, 6.45) is 4.46. The lowest BCUT2D eigenvalue weighted by atomic mass is 9.85. The summed E-state index contributed by atoms with van der Waals surface area (Å²) >= 11 is 0. The Kier molecular flexibility index (Phi) is 4.11. The third kappa shape index (κ3) is 2.59. The molecule has 0 bridgehead atoms. The first kappa shape index (κ1) is 12.8. The molecule has 1 aromatic carbocycles. The Morgan fingerprint density at radius 2 is 1.78 bits per heavy atom. The molecule has 1 N–H and O–H groups in total. The number of nitrogens with zero attached hydrogens (tertiary/aromatic N) is 1. The fourth-order valence-corrected chi connectivity index (χ4v) is 2.17. The number of aromatic nitrogens is 1. The lowest BCUT2D eigenvalue weighted by molar-refractivity contribution is 0.0639. The summed E-state index contributed by atoms with van der Waals surface area (Å²) in [7, 11) is 0. The van der Waals surface area contributed by atoms with E-state index in [9.17, 15) is 5.11 Å². The number of aliphatic hydroxyl groups is 1. The predicted octanol–water partition coefficient (Wildman–Crippen LogP) is 3.51. The molecule has 94 valence electrons. The van der Waals surface area contributed by atoms with Crippen molar-refractivity contribution in [1.82, 2.24) is 4.98 Å². The van der Waals surface area contributed by atoms with Crippen LogP contribution in [0.2, 0.25) is 0 Å². The number of unbranched alkanes of at least 4 members (excludes halogenated alkanes) is 1. The van der Waals surface area contributed by atoms with Crippen molar-refractivity contribution in [2.75, 3.05) is 0 Å². The Hall–Kier alpha value is -1.67. The van der Waals surface area contributed by atoms with Crippen LogP contribution in [-0.2, 0) is 5.60 Å². The molecule has 0 fully saturated rings. The van der Waals surface area contributed by atoms with E-state index in [1.165, 1.54) is 0 Å². The lowest BCUT2D eigenvalue weighted by Gasteiger charge is -2.28. The van der Waals surface area contributed by atoms with Crippen LogP contribution in [0.25, 0.3) is 0 Å². The zero-order chi connectivity index (χ0) is 12.8. The molecule has 2 nitrogen and oxygen atoms in total. The molecule has 1 heterocycles. The maximum Gasteiger partial charge on any atom is 0.131 e. The maximum atomic E-state index is 11.0. The molecule has 2 heteroatoms. The molecular weight excluding hydrogens is 222 g/mol. The second-order valence-corrected chi connectivity index (χ2v) is 4.54. The van der Waals surface area contributed by atoms with E-state index in [1.807, 2.05) is 48.5 Å². The molecule has 0 aliphatic rings. The Bertz CT molecular complexity index is 427. The smallest absolute Gasteiger partial charge is 0.131 e. The van der Waals surface area contributed by atoms with Crippen LogP contribution in [0.3, 0.4) is 0 Å². The van der Waals surface area contributed by atoms with Crippen LogP contribution < -0.4 is 0 Å². The molecule has 0 saturated heterocycles. The van der Waals surface area contributed by atoms with Gasteiger partial charge in [0.05, 0.1) is 5.69 Å². The molecule has 0 aliphatic carbocycles. The van der Waals surface area contributed by atoms with Crippen molar-refractivity contribution in [3.63, 3.8) is 0 Å². The number of benzene rings is 1. The van der Waals surface area contributed by atoms with Crippen molar-refractivity contribution in [3.8, 4) is 0 Å². The van der Waals surface area contributed by atoms with Gasteiger partial charge in [0.15, 0.2) is 0 Å². The van der Waals surface area contributed by atoms with Crippen molar-refractivity contribution in [1.29, 1.82) is 0 Å². The summed E-state index contributed by atoms with van der Waals surface area (Å²) in [5, 5.41) is 11.0. The van der Waals surface area contributed by atoms with Gasteiger partial charge in [-0.25, -0.2) is 0 Å². The van der Waals surface area contributed by atoms with E-state index in [0.717, 1.165) is 24.1 Å². The van der Waals surface area contributed by atoms with Crippen molar-refractivity contribution >= 4 is 0 Å². The Morgan fingerprint density at radius 3 is 2.39 bits per heavy atom.